The molecule has 0 bridgehead atoms. The number of hydrogen-bond acceptors (Lipinski definition) is 4. The maximum atomic E-state index is 11.6. The number of benzene rings is 1. The van der Waals surface area contributed by atoms with Crippen molar-refractivity contribution in [2.45, 2.75) is 62.3 Å². The number of hydrogen-bond donors (Lipinski definition) is 2. The predicted molar refractivity (Wildman–Crippen MR) is 139 cm³/mol. The van der Waals surface area contributed by atoms with Crippen molar-refractivity contribution in [2.75, 3.05) is 39.5 Å². The average molecular weight is 563 g/mol. The van der Waals surface area contributed by atoms with Gasteiger partial charge in [0.2, 0.25) is 0 Å². The van der Waals surface area contributed by atoms with Crippen molar-refractivity contribution in [3.63, 3.8) is 0 Å². The number of guanidine groups is 1. The van der Waals surface area contributed by atoms with Gasteiger partial charge < -0.3 is 15.5 Å². The van der Waals surface area contributed by atoms with Gasteiger partial charge >= 0.3 is 0 Å². The Hall–Kier alpha value is -0.870. The number of piperidine rings is 1. The van der Waals surface area contributed by atoms with Crippen LogP contribution in [0, 0.1) is 5.92 Å². The third kappa shape index (κ3) is 8.88. The van der Waals surface area contributed by atoms with E-state index < -0.39 is 9.84 Å². The monoisotopic (exact) mass is 562 g/mol. The van der Waals surface area contributed by atoms with Crippen molar-refractivity contribution in [1.29, 1.82) is 0 Å². The van der Waals surface area contributed by atoms with Crippen LogP contribution in [0.2, 0.25) is 0 Å². The van der Waals surface area contributed by atoms with Crippen molar-refractivity contribution in [3.8, 4) is 0 Å². The maximum absolute atomic E-state index is 11.6. The standard InChI is InChI=1S/C23H38N4O2S.HI/c1-24-23(25-15-12-19-8-10-22(11-9-19)30(2,28)29)26-21-13-16-27(17-14-21)18-20-6-4-3-5-7-20;/h8-11,20-21H,3-7,12-18H2,1-2H3,(H2,24,25,26);1H. The van der Waals surface area contributed by atoms with Crippen molar-refractivity contribution in [1.82, 2.24) is 15.5 Å². The van der Waals surface area contributed by atoms with Crippen molar-refractivity contribution in [3.05, 3.63) is 29.8 Å². The summed E-state index contributed by atoms with van der Waals surface area (Å²) in [5, 5.41) is 6.97. The van der Waals surface area contributed by atoms with E-state index in [2.05, 4.69) is 20.5 Å². The molecule has 1 saturated carbocycles. The van der Waals surface area contributed by atoms with E-state index in [1.165, 1.54) is 70.8 Å². The number of rotatable bonds is 7. The van der Waals surface area contributed by atoms with E-state index >= 15 is 0 Å². The van der Waals surface area contributed by atoms with Crippen LogP contribution in [0.1, 0.15) is 50.5 Å². The van der Waals surface area contributed by atoms with Crippen LogP contribution in [-0.2, 0) is 16.3 Å². The summed E-state index contributed by atoms with van der Waals surface area (Å²) in [5.41, 5.74) is 1.11. The van der Waals surface area contributed by atoms with Crippen LogP contribution in [0.3, 0.4) is 0 Å². The fraction of sp³-hybridized carbons (Fsp3) is 0.696. The summed E-state index contributed by atoms with van der Waals surface area (Å²) in [5.74, 6) is 1.78. The van der Waals surface area contributed by atoms with Gasteiger partial charge in [0, 0.05) is 45.5 Å². The lowest BCUT2D eigenvalue weighted by Gasteiger charge is -2.36. The molecule has 2 N–H and O–H groups in total. The Morgan fingerprint density at radius 3 is 2.29 bits per heavy atom. The average Bonchev–Trinajstić information content (AvgIpc) is 2.75. The summed E-state index contributed by atoms with van der Waals surface area (Å²) in [6.45, 7) is 4.41. The topological polar surface area (TPSA) is 73.8 Å². The van der Waals surface area contributed by atoms with Crippen LogP contribution in [0.4, 0.5) is 0 Å². The first-order valence-corrected chi connectivity index (χ1v) is 13.3. The normalized spacial score (nSPS) is 19.6. The van der Waals surface area contributed by atoms with Gasteiger partial charge in [-0.25, -0.2) is 8.42 Å². The fourth-order valence-electron chi connectivity index (χ4n) is 4.61. The van der Waals surface area contributed by atoms with Gasteiger partial charge in [-0.2, -0.15) is 0 Å². The summed E-state index contributed by atoms with van der Waals surface area (Å²) < 4.78 is 23.1. The van der Waals surface area contributed by atoms with Gasteiger partial charge in [0.25, 0.3) is 0 Å². The first kappa shape index (κ1) is 26.4. The van der Waals surface area contributed by atoms with Crippen LogP contribution < -0.4 is 10.6 Å². The molecule has 2 fully saturated rings. The lowest BCUT2D eigenvalue weighted by atomic mass is 9.88. The van der Waals surface area contributed by atoms with E-state index in [1.54, 1.807) is 12.1 Å². The second-order valence-electron chi connectivity index (χ2n) is 8.89. The minimum absolute atomic E-state index is 0. The van der Waals surface area contributed by atoms with E-state index in [4.69, 9.17) is 0 Å². The van der Waals surface area contributed by atoms with Crippen molar-refractivity contribution in [2.24, 2.45) is 10.9 Å². The molecule has 0 radical (unpaired) electrons. The number of nitrogens with zero attached hydrogens (tertiary/aromatic N) is 2. The van der Waals surface area contributed by atoms with E-state index in [0.717, 1.165) is 30.4 Å². The number of likely N-dealkylation sites (tertiary alicyclic amines) is 1. The minimum atomic E-state index is -3.13. The van der Waals surface area contributed by atoms with E-state index in [0.29, 0.717) is 10.9 Å². The zero-order chi connectivity index (χ0) is 21.4. The highest BCUT2D eigenvalue weighted by molar-refractivity contribution is 14.0. The van der Waals surface area contributed by atoms with Gasteiger partial charge in [0.1, 0.15) is 0 Å². The molecule has 3 rings (SSSR count). The Morgan fingerprint density at radius 2 is 1.71 bits per heavy atom. The minimum Gasteiger partial charge on any atom is -0.356 e. The highest BCUT2D eigenvalue weighted by Gasteiger charge is 2.23. The van der Waals surface area contributed by atoms with Crippen LogP contribution in [-0.4, -0.2) is 64.8 Å². The Kier molecular flexibility index (Phi) is 11.1. The van der Waals surface area contributed by atoms with Crippen LogP contribution >= 0.6 is 24.0 Å². The van der Waals surface area contributed by atoms with Gasteiger partial charge in [-0.3, -0.25) is 4.99 Å². The highest BCUT2D eigenvalue weighted by Crippen LogP contribution is 2.25. The molecule has 0 atom stereocenters. The summed E-state index contributed by atoms with van der Waals surface area (Å²) in [6, 6.07) is 7.61. The van der Waals surface area contributed by atoms with Crippen LogP contribution in [0.15, 0.2) is 34.2 Å². The molecule has 0 amide bonds. The number of nitrogens with one attached hydrogen (secondary N) is 2. The van der Waals surface area contributed by atoms with Crippen LogP contribution in [0.25, 0.3) is 0 Å². The Morgan fingerprint density at radius 1 is 1.06 bits per heavy atom. The Bertz CT molecular complexity index is 784. The summed E-state index contributed by atoms with van der Waals surface area (Å²) in [6.07, 6.45) is 11.5. The molecule has 0 aromatic heterocycles. The summed E-state index contributed by atoms with van der Waals surface area (Å²) in [4.78, 5) is 7.40. The summed E-state index contributed by atoms with van der Waals surface area (Å²) >= 11 is 0. The smallest absolute Gasteiger partial charge is 0.191 e. The molecule has 8 heteroatoms. The first-order chi connectivity index (χ1) is 14.4. The molecule has 2 aliphatic rings. The second-order valence-corrected chi connectivity index (χ2v) is 10.9. The molecular formula is C23H39IN4O2S. The number of sulfone groups is 1. The predicted octanol–water partition coefficient (Wildman–Crippen LogP) is 3.46. The fourth-order valence-corrected chi connectivity index (χ4v) is 5.24. The van der Waals surface area contributed by atoms with Gasteiger partial charge in [-0.15, -0.1) is 24.0 Å². The molecule has 1 aliphatic heterocycles. The quantitative estimate of drug-likeness (QED) is 0.303. The lowest BCUT2D eigenvalue weighted by molar-refractivity contribution is 0.160. The number of halogens is 1. The molecule has 1 aliphatic carbocycles. The molecule has 176 valence electrons. The Balaban J connectivity index is 0.00000341. The molecule has 1 aromatic rings. The van der Waals surface area contributed by atoms with E-state index in [-0.39, 0.29) is 24.0 Å². The maximum Gasteiger partial charge on any atom is 0.191 e. The number of aliphatic imine (C=N–C) groups is 1. The third-order valence-electron chi connectivity index (χ3n) is 6.45. The Labute approximate surface area is 205 Å². The second kappa shape index (κ2) is 13.0. The van der Waals surface area contributed by atoms with Gasteiger partial charge in [0.15, 0.2) is 15.8 Å². The molecule has 1 heterocycles. The SMILES string of the molecule is CN=C(NCCc1ccc(S(C)(=O)=O)cc1)NC1CCN(CC2CCCCC2)CC1.I. The van der Waals surface area contributed by atoms with E-state index in [9.17, 15) is 8.42 Å². The zero-order valence-electron chi connectivity index (χ0n) is 19.0. The van der Waals surface area contributed by atoms with Gasteiger partial charge in [-0.1, -0.05) is 31.4 Å². The third-order valence-corrected chi connectivity index (χ3v) is 7.58. The van der Waals surface area contributed by atoms with Crippen molar-refractivity contribution >= 4 is 39.8 Å². The van der Waals surface area contributed by atoms with Gasteiger partial charge in [-0.05, 0) is 55.7 Å². The first-order valence-electron chi connectivity index (χ1n) is 11.4. The molecule has 0 spiro atoms. The van der Waals surface area contributed by atoms with Crippen LogP contribution in [0.5, 0.6) is 0 Å². The molecular weight excluding hydrogens is 523 g/mol. The lowest BCUT2D eigenvalue weighted by Crippen LogP contribution is -2.49. The van der Waals surface area contributed by atoms with E-state index in [1.807, 2.05) is 19.2 Å². The molecule has 1 aromatic carbocycles. The van der Waals surface area contributed by atoms with Crippen molar-refractivity contribution < 1.29 is 8.42 Å². The zero-order valence-corrected chi connectivity index (χ0v) is 22.1. The molecule has 1 saturated heterocycles. The molecule has 6 nitrogen and oxygen atoms in total. The molecule has 0 unspecified atom stereocenters. The summed E-state index contributed by atoms with van der Waals surface area (Å²) in [7, 11) is -1.32. The van der Waals surface area contributed by atoms with Gasteiger partial charge in [0.05, 0.1) is 4.90 Å². The highest BCUT2D eigenvalue weighted by atomic mass is 127. The largest absolute Gasteiger partial charge is 0.356 e. The molecule has 31 heavy (non-hydrogen) atoms.